The zero-order chi connectivity index (χ0) is 19.3. The van der Waals surface area contributed by atoms with E-state index in [1.807, 2.05) is 19.1 Å². The molecule has 1 aliphatic carbocycles. The lowest BCUT2D eigenvalue weighted by Gasteiger charge is -2.19. The average Bonchev–Trinajstić information content (AvgIpc) is 3.45. The number of phenols is 1. The van der Waals surface area contributed by atoms with Crippen LogP contribution in [0.4, 0.5) is 4.39 Å². The summed E-state index contributed by atoms with van der Waals surface area (Å²) in [6, 6.07) is 12.1. The van der Waals surface area contributed by atoms with E-state index in [1.54, 1.807) is 24.3 Å². The number of aliphatic imine (C=N–C) groups is 1. The summed E-state index contributed by atoms with van der Waals surface area (Å²) >= 11 is 0. The number of phenolic OH excluding ortho intramolecular Hbond substituents is 1. The van der Waals surface area contributed by atoms with E-state index >= 15 is 0 Å². The normalized spacial score (nSPS) is 15.3. The Morgan fingerprint density at radius 1 is 1.22 bits per heavy atom. The molecule has 0 spiro atoms. The van der Waals surface area contributed by atoms with Gasteiger partial charge in [-0.1, -0.05) is 18.2 Å². The van der Waals surface area contributed by atoms with Crippen LogP contribution in [0.3, 0.4) is 0 Å². The molecule has 1 saturated carbocycles. The lowest BCUT2D eigenvalue weighted by Crippen LogP contribution is -2.41. The summed E-state index contributed by atoms with van der Waals surface area (Å²) in [5.74, 6) is 1.05. The van der Waals surface area contributed by atoms with Crippen LogP contribution in [0.5, 0.6) is 11.5 Å². The van der Waals surface area contributed by atoms with Gasteiger partial charge in [0.25, 0.3) is 0 Å². The van der Waals surface area contributed by atoms with Gasteiger partial charge in [0.1, 0.15) is 5.82 Å². The molecule has 0 heterocycles. The molecule has 0 aromatic heterocycles. The van der Waals surface area contributed by atoms with Crippen molar-refractivity contribution in [3.8, 4) is 11.5 Å². The summed E-state index contributed by atoms with van der Waals surface area (Å²) < 4.78 is 18.6. The number of halogens is 1. The number of hydrogen-bond acceptors (Lipinski definition) is 3. The van der Waals surface area contributed by atoms with Gasteiger partial charge >= 0.3 is 0 Å². The van der Waals surface area contributed by atoms with E-state index in [1.165, 1.54) is 13.2 Å². The first-order valence-electron chi connectivity index (χ1n) is 9.20. The molecule has 1 aliphatic rings. The fourth-order valence-electron chi connectivity index (χ4n) is 3.14. The van der Waals surface area contributed by atoms with E-state index in [4.69, 9.17) is 4.74 Å². The Morgan fingerprint density at radius 2 is 2.04 bits per heavy atom. The van der Waals surface area contributed by atoms with E-state index in [2.05, 4.69) is 15.6 Å². The minimum Gasteiger partial charge on any atom is -0.504 e. The largest absolute Gasteiger partial charge is 0.504 e. The summed E-state index contributed by atoms with van der Waals surface area (Å²) in [5.41, 5.74) is 1.90. The van der Waals surface area contributed by atoms with Gasteiger partial charge in [0.15, 0.2) is 17.5 Å². The highest BCUT2D eigenvalue weighted by atomic mass is 19.1. The van der Waals surface area contributed by atoms with Crippen LogP contribution in [0.15, 0.2) is 47.5 Å². The van der Waals surface area contributed by atoms with Crippen LogP contribution in [0.25, 0.3) is 0 Å². The SMILES string of the molecule is CCNC(=NCc1ccc(OC)c(O)c1)NCC1(c2cccc(F)c2)CC1. The summed E-state index contributed by atoms with van der Waals surface area (Å²) in [6.45, 7) is 3.89. The lowest BCUT2D eigenvalue weighted by molar-refractivity contribution is 0.373. The topological polar surface area (TPSA) is 65.9 Å². The van der Waals surface area contributed by atoms with Crippen LogP contribution in [0, 0.1) is 5.82 Å². The van der Waals surface area contributed by atoms with Gasteiger partial charge in [-0.2, -0.15) is 0 Å². The minimum atomic E-state index is -0.196. The number of rotatable bonds is 7. The van der Waals surface area contributed by atoms with Crippen LogP contribution in [0.1, 0.15) is 30.9 Å². The molecule has 3 N–H and O–H groups in total. The minimum absolute atomic E-state index is 0.0172. The van der Waals surface area contributed by atoms with E-state index < -0.39 is 0 Å². The fraction of sp³-hybridized carbons (Fsp3) is 0.381. The summed E-state index contributed by atoms with van der Waals surface area (Å²) in [6.07, 6.45) is 2.07. The molecule has 27 heavy (non-hydrogen) atoms. The highest BCUT2D eigenvalue weighted by Gasteiger charge is 2.44. The number of hydrogen-bond donors (Lipinski definition) is 3. The van der Waals surface area contributed by atoms with Gasteiger partial charge < -0.3 is 20.5 Å². The van der Waals surface area contributed by atoms with Gasteiger partial charge in [0.05, 0.1) is 13.7 Å². The number of ether oxygens (including phenoxy) is 1. The molecule has 0 amide bonds. The fourth-order valence-corrected chi connectivity index (χ4v) is 3.14. The molecule has 0 bridgehead atoms. The van der Waals surface area contributed by atoms with E-state index in [0.717, 1.165) is 30.5 Å². The second kappa shape index (κ2) is 8.29. The maximum Gasteiger partial charge on any atom is 0.191 e. The van der Waals surface area contributed by atoms with Crippen molar-refractivity contribution < 1.29 is 14.2 Å². The molecule has 0 radical (unpaired) electrons. The third-order valence-electron chi connectivity index (χ3n) is 4.89. The molecule has 5 nitrogen and oxygen atoms in total. The van der Waals surface area contributed by atoms with Crippen molar-refractivity contribution in [1.82, 2.24) is 10.6 Å². The Hall–Kier alpha value is -2.76. The first-order chi connectivity index (χ1) is 13.1. The second-order valence-electron chi connectivity index (χ2n) is 6.85. The molecule has 6 heteroatoms. The third-order valence-corrected chi connectivity index (χ3v) is 4.89. The Morgan fingerprint density at radius 3 is 2.67 bits per heavy atom. The van der Waals surface area contributed by atoms with Crippen molar-refractivity contribution in [1.29, 1.82) is 0 Å². The molecule has 2 aromatic carbocycles. The van der Waals surface area contributed by atoms with Crippen LogP contribution in [-0.2, 0) is 12.0 Å². The van der Waals surface area contributed by atoms with Gasteiger partial charge in [-0.3, -0.25) is 0 Å². The summed E-state index contributed by atoms with van der Waals surface area (Å²) in [5, 5.41) is 16.5. The zero-order valence-corrected chi connectivity index (χ0v) is 15.8. The molecule has 0 unspecified atom stereocenters. The highest BCUT2D eigenvalue weighted by Crippen LogP contribution is 2.47. The van der Waals surface area contributed by atoms with Gasteiger partial charge in [-0.15, -0.1) is 0 Å². The first-order valence-corrected chi connectivity index (χ1v) is 9.20. The Labute approximate surface area is 159 Å². The third kappa shape index (κ3) is 4.70. The number of benzene rings is 2. The molecule has 0 aliphatic heterocycles. The number of guanidine groups is 1. The summed E-state index contributed by atoms with van der Waals surface area (Å²) in [7, 11) is 1.52. The predicted octanol–water partition coefficient (Wildman–Crippen LogP) is 3.33. The molecular weight excluding hydrogens is 345 g/mol. The predicted molar refractivity (Wildman–Crippen MR) is 105 cm³/mol. The molecule has 3 rings (SSSR count). The van der Waals surface area contributed by atoms with Crippen molar-refractivity contribution in [2.45, 2.75) is 31.7 Å². The summed E-state index contributed by atoms with van der Waals surface area (Å²) in [4.78, 5) is 4.59. The van der Waals surface area contributed by atoms with E-state index in [0.29, 0.717) is 24.8 Å². The zero-order valence-electron chi connectivity index (χ0n) is 15.8. The standard InChI is InChI=1S/C21H26FN3O2/c1-3-23-20(24-13-15-7-8-19(27-2)18(26)11-15)25-14-21(9-10-21)16-5-4-6-17(22)12-16/h4-8,11-12,26H,3,9-10,13-14H2,1-2H3,(H2,23,24,25). The lowest BCUT2D eigenvalue weighted by atomic mass is 9.96. The smallest absolute Gasteiger partial charge is 0.191 e. The van der Waals surface area contributed by atoms with Crippen molar-refractivity contribution in [3.05, 3.63) is 59.4 Å². The number of methoxy groups -OCH3 is 1. The quantitative estimate of drug-likeness (QED) is 0.516. The molecule has 2 aromatic rings. The van der Waals surface area contributed by atoms with Gasteiger partial charge in [-0.25, -0.2) is 9.38 Å². The Bertz CT molecular complexity index is 819. The Balaban J connectivity index is 1.65. The maximum atomic E-state index is 13.6. The monoisotopic (exact) mass is 371 g/mol. The molecule has 0 saturated heterocycles. The van der Waals surface area contributed by atoms with Crippen LogP contribution < -0.4 is 15.4 Å². The van der Waals surface area contributed by atoms with Crippen LogP contribution in [0.2, 0.25) is 0 Å². The number of nitrogens with zero attached hydrogens (tertiary/aromatic N) is 1. The molecular formula is C21H26FN3O2. The number of aromatic hydroxyl groups is 1. The average molecular weight is 371 g/mol. The van der Waals surface area contributed by atoms with Gasteiger partial charge in [0.2, 0.25) is 0 Å². The first kappa shape index (κ1) is 19.0. The second-order valence-corrected chi connectivity index (χ2v) is 6.85. The maximum absolute atomic E-state index is 13.6. The van der Waals surface area contributed by atoms with E-state index in [-0.39, 0.29) is 17.0 Å². The van der Waals surface area contributed by atoms with Crippen LogP contribution in [-0.4, -0.2) is 31.3 Å². The molecule has 1 fully saturated rings. The van der Waals surface area contributed by atoms with Gasteiger partial charge in [-0.05, 0) is 55.2 Å². The van der Waals surface area contributed by atoms with Crippen molar-refractivity contribution in [3.63, 3.8) is 0 Å². The van der Waals surface area contributed by atoms with Crippen molar-refractivity contribution in [2.75, 3.05) is 20.2 Å². The highest BCUT2D eigenvalue weighted by molar-refractivity contribution is 5.80. The molecule has 0 atom stereocenters. The van der Waals surface area contributed by atoms with Crippen LogP contribution >= 0.6 is 0 Å². The van der Waals surface area contributed by atoms with Crippen molar-refractivity contribution in [2.24, 2.45) is 4.99 Å². The Kier molecular flexibility index (Phi) is 5.84. The number of nitrogens with one attached hydrogen (secondary N) is 2. The molecule has 144 valence electrons. The van der Waals surface area contributed by atoms with E-state index in [9.17, 15) is 9.50 Å². The van der Waals surface area contributed by atoms with Gasteiger partial charge in [0, 0.05) is 18.5 Å². The van der Waals surface area contributed by atoms with Crippen molar-refractivity contribution >= 4 is 5.96 Å².